The van der Waals surface area contributed by atoms with Crippen LogP contribution in [0.1, 0.15) is 90.9 Å². The van der Waals surface area contributed by atoms with Gasteiger partial charge in [-0.25, -0.2) is 10.3 Å². The van der Waals surface area contributed by atoms with E-state index in [4.69, 9.17) is 10.9 Å². The second kappa shape index (κ2) is 26.1. The molecule has 3 aliphatic rings. The van der Waals surface area contributed by atoms with Gasteiger partial charge in [0.15, 0.2) is 0 Å². The van der Waals surface area contributed by atoms with Crippen molar-refractivity contribution in [3.05, 3.63) is 0 Å². The highest BCUT2D eigenvalue weighted by atomic mass is 32.2. The molecular formula is C38H64N10O10S2. The highest BCUT2D eigenvalue weighted by molar-refractivity contribution is 8.00. The highest BCUT2D eigenvalue weighted by Crippen LogP contribution is 2.33. The molecule has 0 aromatic carbocycles. The molecule has 0 radical (unpaired) electrons. The van der Waals surface area contributed by atoms with E-state index in [9.17, 15) is 43.2 Å². The molecule has 0 saturated carbocycles. The van der Waals surface area contributed by atoms with Crippen molar-refractivity contribution in [2.45, 2.75) is 126 Å². The van der Waals surface area contributed by atoms with E-state index in [1.54, 1.807) is 5.48 Å². The number of unbranched alkanes of at least 4 members (excludes halogenated alkanes) is 2. The minimum atomic E-state index is -1.02. The molecule has 3 heterocycles. The summed E-state index contributed by atoms with van der Waals surface area (Å²) in [5.41, 5.74) is 7.05. The summed E-state index contributed by atoms with van der Waals surface area (Å²) in [6, 6.07) is -2.68. The number of hydroxylamine groups is 1. The Kier molecular flexibility index (Phi) is 21.8. The largest absolute Gasteiger partial charge is 0.368 e. The summed E-state index contributed by atoms with van der Waals surface area (Å²) in [7, 11) is 0. The van der Waals surface area contributed by atoms with E-state index in [0.717, 1.165) is 25.0 Å². The molecule has 0 aliphatic carbocycles. The number of nitrogens with zero attached hydrogens (tertiary/aromatic N) is 1. The molecule has 7 atom stereocenters. The Hall–Kier alpha value is -4.31. The van der Waals surface area contributed by atoms with Gasteiger partial charge in [-0.1, -0.05) is 20.3 Å². The number of urea groups is 1. The summed E-state index contributed by atoms with van der Waals surface area (Å²) in [5, 5.41) is 28.2. The Bertz CT molecular complexity index is 1520. The van der Waals surface area contributed by atoms with Crippen LogP contribution in [0.2, 0.25) is 0 Å². The van der Waals surface area contributed by atoms with Gasteiger partial charge in [0.2, 0.25) is 47.3 Å². The Balaban J connectivity index is 1.34. The van der Waals surface area contributed by atoms with Gasteiger partial charge in [-0.05, 0) is 75.7 Å². The molecule has 3 aliphatic heterocycles. The van der Waals surface area contributed by atoms with Crippen LogP contribution in [0.4, 0.5) is 4.79 Å². The minimum absolute atomic E-state index is 0.0705. The molecule has 338 valence electrons. The number of likely N-dealkylation sites (tertiary alicyclic amines) is 1. The Morgan fingerprint density at radius 2 is 1.65 bits per heavy atom. The minimum Gasteiger partial charge on any atom is -0.368 e. The lowest BCUT2D eigenvalue weighted by Crippen LogP contribution is -2.55. The SMILES string of the molecule is CSCC[C@H](NC(=O)[C@@H]1CCCN1C(=O)C(CC(=O)NO)CC(C)C)C(=O)NCC(=O)NCC(=O)N[C@@H](CCCCNC(=O)CCCC[C@@H]1SC[C@@H]2NC(=O)N[C@@H]21)C(N)=O. The van der Waals surface area contributed by atoms with Gasteiger partial charge < -0.3 is 47.9 Å². The van der Waals surface area contributed by atoms with E-state index in [1.807, 2.05) is 31.9 Å². The summed E-state index contributed by atoms with van der Waals surface area (Å²) < 4.78 is 0. The van der Waals surface area contributed by atoms with Crippen LogP contribution in [0.25, 0.3) is 0 Å². The predicted octanol–water partition coefficient (Wildman–Crippen LogP) is -1.01. The maximum absolute atomic E-state index is 13.5. The van der Waals surface area contributed by atoms with Crippen molar-refractivity contribution in [1.82, 2.24) is 47.6 Å². The number of fused-ring (bicyclic) bond motifs is 1. The molecule has 0 spiro atoms. The van der Waals surface area contributed by atoms with Crippen LogP contribution >= 0.6 is 23.5 Å². The molecule has 0 bridgehead atoms. The average Bonchev–Trinajstić information content (AvgIpc) is 3.94. The fourth-order valence-corrected chi connectivity index (χ4v) is 9.56. The van der Waals surface area contributed by atoms with Gasteiger partial charge in [-0.2, -0.15) is 23.5 Å². The van der Waals surface area contributed by atoms with E-state index in [-0.39, 0.29) is 55.1 Å². The molecule has 20 nitrogen and oxygen atoms in total. The van der Waals surface area contributed by atoms with Crippen molar-refractivity contribution in [2.24, 2.45) is 17.6 Å². The van der Waals surface area contributed by atoms with Gasteiger partial charge in [0.1, 0.15) is 18.1 Å². The fraction of sp³-hybridized carbons (Fsp3) is 0.763. The lowest BCUT2D eigenvalue weighted by atomic mass is 9.92. The second-order valence-corrected chi connectivity index (χ2v) is 18.1. The van der Waals surface area contributed by atoms with Gasteiger partial charge in [0, 0.05) is 42.9 Å². The Morgan fingerprint density at radius 3 is 2.35 bits per heavy atom. The summed E-state index contributed by atoms with van der Waals surface area (Å²) >= 11 is 3.29. The van der Waals surface area contributed by atoms with Gasteiger partial charge in [-0.15, -0.1) is 0 Å². The number of nitrogens with two attached hydrogens (primary N) is 1. The number of thioether (sulfide) groups is 2. The van der Waals surface area contributed by atoms with Crippen molar-refractivity contribution >= 4 is 76.8 Å². The van der Waals surface area contributed by atoms with Crippen LogP contribution < -0.4 is 48.4 Å². The van der Waals surface area contributed by atoms with E-state index in [2.05, 4.69) is 37.2 Å². The van der Waals surface area contributed by atoms with E-state index >= 15 is 0 Å². The molecule has 0 aromatic heterocycles. The van der Waals surface area contributed by atoms with Crippen molar-refractivity contribution in [2.75, 3.05) is 43.9 Å². The van der Waals surface area contributed by atoms with Crippen LogP contribution in [-0.4, -0.2) is 143 Å². The first kappa shape index (κ1) is 50.0. The maximum atomic E-state index is 13.5. The van der Waals surface area contributed by atoms with Crippen molar-refractivity contribution in [3.8, 4) is 0 Å². The first-order valence-corrected chi connectivity index (χ1v) is 23.2. The summed E-state index contributed by atoms with van der Waals surface area (Å²) in [6.45, 7) is 3.50. The van der Waals surface area contributed by atoms with Crippen molar-refractivity contribution in [3.63, 3.8) is 0 Å². The topological polar surface area (TPSA) is 299 Å². The molecule has 11 N–H and O–H groups in total. The highest BCUT2D eigenvalue weighted by Gasteiger charge is 2.43. The maximum Gasteiger partial charge on any atom is 0.315 e. The summed E-state index contributed by atoms with van der Waals surface area (Å²) in [4.78, 5) is 114. The Labute approximate surface area is 359 Å². The van der Waals surface area contributed by atoms with Gasteiger partial charge in [-0.3, -0.25) is 43.6 Å². The van der Waals surface area contributed by atoms with Crippen molar-refractivity contribution < 1.29 is 48.4 Å². The lowest BCUT2D eigenvalue weighted by molar-refractivity contribution is -0.145. The second-order valence-electron chi connectivity index (χ2n) is 15.8. The standard InChI is InChI=1S/C38H64N10O10S2/c1-22(2)17-23(18-30(50)47-58)37(56)48-15-8-10-27(48)36(55)44-25(13-16-59-3)35(54)42-19-31(51)41-20-32(52)43-24(34(39)53)9-6-7-14-40-29(49)12-5-4-11-28-33-26(21-60-28)45-38(57)46-33/h22-28,33,58H,4-21H2,1-3H3,(H2,39,53)(H,40,49)(H,41,51)(H,42,54)(H,43,52)(H,44,55)(H,47,50)(H2,45,46,57)/t23?,24-,25-,26-,27-,28-,33-/m0/s1. The van der Waals surface area contributed by atoms with Crippen LogP contribution in [0.15, 0.2) is 0 Å². The lowest BCUT2D eigenvalue weighted by Gasteiger charge is -2.30. The molecule has 3 rings (SSSR count). The van der Waals surface area contributed by atoms with Crippen molar-refractivity contribution in [1.29, 1.82) is 0 Å². The van der Waals surface area contributed by atoms with E-state index in [0.29, 0.717) is 62.6 Å². The molecule has 60 heavy (non-hydrogen) atoms. The van der Waals surface area contributed by atoms with Crippen LogP contribution in [0, 0.1) is 11.8 Å². The number of nitrogens with one attached hydrogen (secondary N) is 8. The molecule has 22 heteroatoms. The molecule has 10 amide bonds. The van der Waals surface area contributed by atoms with Crippen LogP contribution in [0.5, 0.6) is 0 Å². The molecule has 3 saturated heterocycles. The molecule has 3 fully saturated rings. The monoisotopic (exact) mass is 884 g/mol. The third-order valence-corrected chi connectivity index (χ3v) is 12.8. The van der Waals surface area contributed by atoms with Gasteiger partial charge in [0.05, 0.1) is 25.2 Å². The van der Waals surface area contributed by atoms with E-state index in [1.165, 1.54) is 16.7 Å². The quantitative estimate of drug-likeness (QED) is 0.0206. The Morgan fingerprint density at radius 1 is 0.900 bits per heavy atom. The number of hydrogen-bond donors (Lipinski definition) is 10. The van der Waals surface area contributed by atoms with E-state index < -0.39 is 72.6 Å². The first-order valence-electron chi connectivity index (χ1n) is 20.7. The zero-order valence-electron chi connectivity index (χ0n) is 34.8. The zero-order chi connectivity index (χ0) is 44.2. The number of rotatable bonds is 27. The smallest absolute Gasteiger partial charge is 0.315 e. The molecule has 0 aromatic rings. The number of primary amides is 1. The zero-order valence-corrected chi connectivity index (χ0v) is 36.4. The number of amides is 10. The normalized spacial score (nSPS) is 20.8. The number of carbonyl (C=O) groups excluding carboxylic acids is 9. The average molecular weight is 885 g/mol. The first-order chi connectivity index (χ1) is 28.6. The third-order valence-electron chi connectivity index (χ3n) is 10.6. The molecular weight excluding hydrogens is 821 g/mol. The van der Waals surface area contributed by atoms with Gasteiger partial charge in [0.25, 0.3) is 0 Å². The number of carbonyl (C=O) groups is 9. The fourth-order valence-electron chi connectivity index (χ4n) is 7.55. The summed E-state index contributed by atoms with van der Waals surface area (Å²) in [5.74, 6) is -3.71. The number of hydrogen-bond acceptors (Lipinski definition) is 12. The third kappa shape index (κ3) is 17.0. The summed E-state index contributed by atoms with van der Waals surface area (Å²) in [6.07, 6.45) is 7.30. The van der Waals surface area contributed by atoms with Crippen LogP contribution in [0.3, 0.4) is 0 Å². The van der Waals surface area contributed by atoms with Gasteiger partial charge >= 0.3 is 6.03 Å². The van der Waals surface area contributed by atoms with Crippen LogP contribution in [-0.2, 0) is 38.4 Å². The molecule has 1 unspecified atom stereocenters. The predicted molar refractivity (Wildman–Crippen MR) is 225 cm³/mol.